The number of nitrogens with zero attached hydrogens (tertiary/aromatic N) is 1. The van der Waals surface area contributed by atoms with Crippen LogP contribution in [0.25, 0.3) is 16.3 Å². The third-order valence-corrected chi connectivity index (χ3v) is 5.15. The Morgan fingerprint density at radius 1 is 1.38 bits per heavy atom. The molecule has 0 unspecified atom stereocenters. The van der Waals surface area contributed by atoms with Gasteiger partial charge in [0.25, 0.3) is 5.91 Å². The molecule has 2 heterocycles. The van der Waals surface area contributed by atoms with Gasteiger partial charge < -0.3 is 9.88 Å². The Morgan fingerprint density at radius 2 is 2.08 bits per heavy atom. The lowest BCUT2D eigenvalue weighted by molar-refractivity contribution is 0.0949. The lowest BCUT2D eigenvalue weighted by Crippen LogP contribution is -2.29. The fourth-order valence-electron chi connectivity index (χ4n) is 2.42. The van der Waals surface area contributed by atoms with Crippen molar-refractivity contribution in [1.82, 2.24) is 9.88 Å². The lowest BCUT2D eigenvalue weighted by Gasteiger charge is -2.07. The third kappa shape index (κ3) is 3.13. The number of carbonyl (C=O) groups is 1. The van der Waals surface area contributed by atoms with Crippen LogP contribution in [0.4, 0.5) is 0 Å². The van der Waals surface area contributed by atoms with E-state index in [0.717, 1.165) is 15.3 Å². The zero-order valence-electron chi connectivity index (χ0n) is 13.0. The molecule has 0 atom stereocenters. The van der Waals surface area contributed by atoms with Gasteiger partial charge in [-0.3, -0.25) is 9.59 Å². The molecule has 0 spiro atoms. The van der Waals surface area contributed by atoms with Crippen LogP contribution in [0.2, 0.25) is 5.02 Å². The number of hydrogen-bond donors (Lipinski definition) is 1. The summed E-state index contributed by atoms with van der Waals surface area (Å²) in [6, 6.07) is 8.95. The molecule has 6 heteroatoms. The molecule has 0 bridgehead atoms. The smallest absolute Gasteiger partial charge is 0.257 e. The van der Waals surface area contributed by atoms with Gasteiger partial charge in [0.1, 0.15) is 10.4 Å². The number of rotatable bonds is 4. The third-order valence-electron chi connectivity index (χ3n) is 3.68. The van der Waals surface area contributed by atoms with Crippen molar-refractivity contribution in [1.29, 1.82) is 0 Å². The van der Waals surface area contributed by atoms with Gasteiger partial charge >= 0.3 is 0 Å². The van der Waals surface area contributed by atoms with Crippen LogP contribution in [0.3, 0.4) is 0 Å². The largest absolute Gasteiger partial charge is 0.348 e. The first-order chi connectivity index (χ1) is 11.5. The Labute approximate surface area is 148 Å². The van der Waals surface area contributed by atoms with Crippen LogP contribution in [0.15, 0.2) is 47.9 Å². The molecule has 0 fully saturated rings. The summed E-state index contributed by atoms with van der Waals surface area (Å²) in [5, 5.41) is 3.95. The average Bonchev–Trinajstić information content (AvgIpc) is 3.03. The number of carbonyl (C=O) groups excluding carboxylic acids is 1. The molecule has 0 radical (unpaired) electrons. The fraction of sp³-hybridized carbons (Fsp3) is 0.111. The molecule has 1 amide bonds. The minimum absolute atomic E-state index is 0.132. The second-order valence-electron chi connectivity index (χ2n) is 5.36. The molecule has 0 aliphatic heterocycles. The summed E-state index contributed by atoms with van der Waals surface area (Å²) in [6.45, 7) is 4.05. The maximum Gasteiger partial charge on any atom is 0.257 e. The predicted molar refractivity (Wildman–Crippen MR) is 99.8 cm³/mol. The van der Waals surface area contributed by atoms with E-state index in [1.54, 1.807) is 35.0 Å². The van der Waals surface area contributed by atoms with Gasteiger partial charge in [-0.1, -0.05) is 36.4 Å². The zero-order valence-corrected chi connectivity index (χ0v) is 14.6. The number of pyridine rings is 1. The highest BCUT2D eigenvalue weighted by Gasteiger charge is 2.16. The maximum absolute atomic E-state index is 12.6. The summed E-state index contributed by atoms with van der Waals surface area (Å²) in [5.74, 6) is -0.390. The SMILES string of the molecule is C=Cc1cc2c(=O)c(C(=O)NCc3ccc(Cl)cc3)cn(C)c2s1. The molecule has 0 aliphatic carbocycles. The number of thiophene rings is 1. The van der Waals surface area contributed by atoms with Crippen molar-refractivity contribution in [3.05, 3.63) is 74.4 Å². The van der Waals surface area contributed by atoms with E-state index in [9.17, 15) is 9.59 Å². The highest BCUT2D eigenvalue weighted by Crippen LogP contribution is 2.24. The van der Waals surface area contributed by atoms with E-state index in [2.05, 4.69) is 11.9 Å². The summed E-state index contributed by atoms with van der Waals surface area (Å²) < 4.78 is 1.80. The summed E-state index contributed by atoms with van der Waals surface area (Å²) in [6.07, 6.45) is 3.27. The van der Waals surface area contributed by atoms with Crippen molar-refractivity contribution in [3.63, 3.8) is 0 Å². The van der Waals surface area contributed by atoms with Crippen LogP contribution >= 0.6 is 22.9 Å². The monoisotopic (exact) mass is 358 g/mol. The summed E-state index contributed by atoms with van der Waals surface area (Å²) in [5.41, 5.74) is 0.781. The van der Waals surface area contributed by atoms with E-state index in [1.807, 2.05) is 19.2 Å². The first kappa shape index (κ1) is 16.5. The molecule has 4 nitrogen and oxygen atoms in total. The number of hydrogen-bond acceptors (Lipinski definition) is 3. The number of fused-ring (bicyclic) bond motifs is 1. The topological polar surface area (TPSA) is 51.1 Å². The van der Waals surface area contributed by atoms with E-state index in [4.69, 9.17) is 11.6 Å². The molecule has 1 N–H and O–H groups in total. The molecule has 24 heavy (non-hydrogen) atoms. The first-order valence-corrected chi connectivity index (χ1v) is 8.47. The second kappa shape index (κ2) is 6.63. The molecule has 0 saturated heterocycles. The van der Waals surface area contributed by atoms with Crippen LogP contribution in [0, 0.1) is 0 Å². The fourth-order valence-corrected chi connectivity index (χ4v) is 3.49. The maximum atomic E-state index is 12.6. The van der Waals surface area contributed by atoms with Gasteiger partial charge in [-0.2, -0.15) is 0 Å². The van der Waals surface area contributed by atoms with Gasteiger partial charge in [0.05, 0.1) is 5.39 Å². The molecular weight excluding hydrogens is 344 g/mol. The van der Waals surface area contributed by atoms with E-state index in [-0.39, 0.29) is 16.9 Å². The van der Waals surface area contributed by atoms with Gasteiger partial charge in [0.2, 0.25) is 5.43 Å². The van der Waals surface area contributed by atoms with Crippen LogP contribution in [-0.2, 0) is 13.6 Å². The Kier molecular flexibility index (Phi) is 4.55. The van der Waals surface area contributed by atoms with Crippen molar-refractivity contribution < 1.29 is 4.79 Å². The molecule has 3 rings (SSSR count). The molecule has 0 saturated carbocycles. The van der Waals surface area contributed by atoms with E-state index < -0.39 is 0 Å². The highest BCUT2D eigenvalue weighted by molar-refractivity contribution is 7.19. The summed E-state index contributed by atoms with van der Waals surface area (Å²) in [7, 11) is 1.82. The number of amides is 1. The predicted octanol–water partition coefficient (Wildman–Crippen LogP) is 3.83. The Morgan fingerprint density at radius 3 is 2.75 bits per heavy atom. The van der Waals surface area contributed by atoms with E-state index in [0.29, 0.717) is 17.0 Å². The van der Waals surface area contributed by atoms with Crippen molar-refractivity contribution in [3.8, 4) is 0 Å². The Hall–Kier alpha value is -2.37. The first-order valence-electron chi connectivity index (χ1n) is 7.28. The van der Waals surface area contributed by atoms with Gasteiger partial charge in [-0.15, -0.1) is 11.3 Å². The van der Waals surface area contributed by atoms with Crippen molar-refractivity contribution in [2.24, 2.45) is 7.05 Å². The molecule has 1 aromatic carbocycles. The van der Waals surface area contributed by atoms with Gasteiger partial charge in [0.15, 0.2) is 0 Å². The van der Waals surface area contributed by atoms with E-state index >= 15 is 0 Å². The quantitative estimate of drug-likeness (QED) is 0.770. The average molecular weight is 359 g/mol. The number of nitrogens with one attached hydrogen (secondary N) is 1. The number of aryl methyl sites for hydroxylation is 1. The lowest BCUT2D eigenvalue weighted by atomic mass is 10.2. The molecule has 122 valence electrons. The summed E-state index contributed by atoms with van der Waals surface area (Å²) >= 11 is 7.31. The van der Waals surface area contributed by atoms with E-state index in [1.165, 1.54) is 11.3 Å². The normalized spacial score (nSPS) is 10.8. The Balaban J connectivity index is 1.89. The van der Waals surface area contributed by atoms with Crippen LogP contribution < -0.4 is 10.7 Å². The second-order valence-corrected chi connectivity index (χ2v) is 6.86. The number of aromatic nitrogens is 1. The molecule has 2 aromatic heterocycles. The number of benzene rings is 1. The van der Waals surface area contributed by atoms with Crippen LogP contribution in [0.1, 0.15) is 20.8 Å². The molecule has 0 aliphatic rings. The van der Waals surface area contributed by atoms with Crippen molar-refractivity contribution in [2.45, 2.75) is 6.54 Å². The van der Waals surface area contributed by atoms with Gasteiger partial charge in [0, 0.05) is 29.7 Å². The summed E-state index contributed by atoms with van der Waals surface area (Å²) in [4.78, 5) is 26.7. The number of halogens is 1. The van der Waals surface area contributed by atoms with Crippen molar-refractivity contribution >= 4 is 45.1 Å². The molecular formula is C18H15ClN2O2S. The van der Waals surface area contributed by atoms with Gasteiger partial charge in [-0.25, -0.2) is 0 Å². The molecule has 3 aromatic rings. The zero-order chi connectivity index (χ0) is 17.3. The van der Waals surface area contributed by atoms with Gasteiger partial charge in [-0.05, 0) is 23.8 Å². The Bertz CT molecular complexity index is 987. The van der Waals surface area contributed by atoms with Crippen molar-refractivity contribution in [2.75, 3.05) is 0 Å². The minimum Gasteiger partial charge on any atom is -0.348 e. The standard InChI is InChI=1S/C18H15ClN2O2S/c1-3-13-8-14-16(22)15(10-21(2)18(14)24-13)17(23)20-9-11-4-6-12(19)7-5-11/h3-8,10H,1,9H2,2H3,(H,20,23). The van der Waals surface area contributed by atoms with Crippen LogP contribution in [-0.4, -0.2) is 10.5 Å². The highest BCUT2D eigenvalue weighted by atomic mass is 35.5. The minimum atomic E-state index is -0.390. The van der Waals surface area contributed by atoms with Crippen LogP contribution in [0.5, 0.6) is 0 Å².